The van der Waals surface area contributed by atoms with Crippen LogP contribution in [0.5, 0.6) is 0 Å². The van der Waals surface area contributed by atoms with E-state index in [-0.39, 0.29) is 36.1 Å². The minimum absolute atomic E-state index is 0.0328. The summed E-state index contributed by atoms with van der Waals surface area (Å²) in [4.78, 5) is 53.1. The van der Waals surface area contributed by atoms with Gasteiger partial charge in [0.2, 0.25) is 5.91 Å². The van der Waals surface area contributed by atoms with Crippen LogP contribution in [0, 0.1) is 23.7 Å². The molecule has 0 aromatic heterocycles. The molecule has 0 radical (unpaired) electrons. The molecule has 4 rings (SSSR count). The Bertz CT molecular complexity index is 1650. The molecule has 2 fully saturated rings. The highest BCUT2D eigenvalue weighted by atomic mass is 16.6. The summed E-state index contributed by atoms with van der Waals surface area (Å²) in [5.41, 5.74) is 4.92. The third-order valence-corrected chi connectivity index (χ3v) is 10.9. The van der Waals surface area contributed by atoms with Crippen molar-refractivity contribution in [1.29, 1.82) is 0 Å². The van der Waals surface area contributed by atoms with E-state index in [1.807, 2.05) is 58.6 Å². The number of nitrogens with one attached hydrogen (secondary N) is 1. The SMILES string of the molecule is CC[C@H]1O[C@@H](c2cc(Cc3ccc(/C=C/C(C)(C)C(=O)CC(C)(C)C(=O)N4CCNCC4)cc3)c(C(C)C)cc2C)[C@H](OC(C)=O)[C@@H](OC(C)=O)[C@@H]1C. The summed E-state index contributed by atoms with van der Waals surface area (Å²) in [5, 5.41) is 3.27. The standard InChI is InChI=1S/C44H62N2O7/c1-12-37-29(5)39(51-30(6)47)41(52-31(7)48)40(53-37)36-25-34(35(27(2)3)23-28(36)4)24-33-15-13-32(14-16-33)17-18-43(8,9)38(49)26-44(10,11)42(50)46-21-19-45-20-22-46/h13-18,23,25,27,29,37,39-41,45H,12,19-22,24,26H2,1-11H3/b18-17+/t29-,37-,39+,40+,41-/m1/s1. The second kappa shape index (κ2) is 17.5. The number of ketones is 1. The number of ether oxygens (including phenoxy) is 3. The molecule has 0 unspecified atom stereocenters. The van der Waals surface area contributed by atoms with Crippen molar-refractivity contribution in [2.45, 2.75) is 126 Å². The highest BCUT2D eigenvalue weighted by Gasteiger charge is 2.48. The number of carbonyl (C=O) groups excluding carboxylic acids is 4. The predicted molar refractivity (Wildman–Crippen MR) is 208 cm³/mol. The van der Waals surface area contributed by atoms with Gasteiger partial charge in [-0.2, -0.15) is 0 Å². The summed E-state index contributed by atoms with van der Waals surface area (Å²) in [6.45, 7) is 23.7. The van der Waals surface area contributed by atoms with Gasteiger partial charge in [-0.15, -0.1) is 0 Å². The van der Waals surface area contributed by atoms with Crippen LogP contribution in [0.25, 0.3) is 6.08 Å². The van der Waals surface area contributed by atoms with Crippen LogP contribution in [0.4, 0.5) is 0 Å². The van der Waals surface area contributed by atoms with Gasteiger partial charge in [0.25, 0.3) is 0 Å². The average Bonchev–Trinajstić information content (AvgIpc) is 3.09. The average molecular weight is 731 g/mol. The maximum Gasteiger partial charge on any atom is 0.303 e. The molecule has 0 bridgehead atoms. The predicted octanol–water partition coefficient (Wildman–Crippen LogP) is 7.52. The summed E-state index contributed by atoms with van der Waals surface area (Å²) in [6.07, 6.45) is 3.29. The normalized spacial score (nSPS) is 22.6. The van der Waals surface area contributed by atoms with Gasteiger partial charge in [0.15, 0.2) is 6.10 Å². The number of allylic oxidation sites excluding steroid dienone is 1. The van der Waals surface area contributed by atoms with E-state index in [1.165, 1.54) is 19.4 Å². The second-order valence-electron chi connectivity index (χ2n) is 16.6. The van der Waals surface area contributed by atoms with E-state index in [0.717, 1.165) is 47.3 Å². The summed E-state index contributed by atoms with van der Waals surface area (Å²) in [5.74, 6) is -0.694. The smallest absolute Gasteiger partial charge is 0.303 e. The molecule has 1 amide bonds. The van der Waals surface area contributed by atoms with Crippen molar-refractivity contribution in [2.75, 3.05) is 26.2 Å². The van der Waals surface area contributed by atoms with Crippen LogP contribution < -0.4 is 5.32 Å². The molecule has 1 N–H and O–H groups in total. The fraction of sp³-hybridized carbons (Fsp3) is 0.591. The van der Waals surface area contributed by atoms with E-state index >= 15 is 0 Å². The van der Waals surface area contributed by atoms with Gasteiger partial charge in [0, 0.05) is 57.8 Å². The lowest BCUT2D eigenvalue weighted by atomic mass is 9.76. The summed E-state index contributed by atoms with van der Waals surface area (Å²) >= 11 is 0. The Morgan fingerprint density at radius 1 is 0.962 bits per heavy atom. The van der Waals surface area contributed by atoms with Gasteiger partial charge < -0.3 is 24.4 Å². The number of Topliss-reactive ketones (excluding diaryl/α,β-unsaturated/α-hetero) is 1. The van der Waals surface area contributed by atoms with Crippen molar-refractivity contribution >= 4 is 29.7 Å². The quantitative estimate of drug-likeness (QED) is 0.211. The largest absolute Gasteiger partial charge is 0.458 e. The van der Waals surface area contributed by atoms with E-state index in [9.17, 15) is 19.2 Å². The zero-order valence-electron chi connectivity index (χ0n) is 33.8. The van der Waals surface area contributed by atoms with Crippen molar-refractivity contribution in [3.63, 3.8) is 0 Å². The molecule has 2 aliphatic heterocycles. The molecule has 2 aromatic carbocycles. The number of aryl methyl sites for hydroxylation is 1. The summed E-state index contributed by atoms with van der Waals surface area (Å²) < 4.78 is 18.4. The summed E-state index contributed by atoms with van der Waals surface area (Å²) in [7, 11) is 0. The number of hydrogen-bond donors (Lipinski definition) is 1. The van der Waals surface area contributed by atoms with Crippen molar-refractivity contribution < 1.29 is 33.4 Å². The third kappa shape index (κ3) is 10.4. The van der Waals surface area contributed by atoms with Crippen molar-refractivity contribution in [1.82, 2.24) is 10.2 Å². The highest BCUT2D eigenvalue weighted by molar-refractivity contribution is 5.93. The Hall–Kier alpha value is -3.82. The maximum absolute atomic E-state index is 13.5. The minimum atomic E-state index is -0.786. The lowest BCUT2D eigenvalue weighted by Gasteiger charge is -2.45. The fourth-order valence-electron chi connectivity index (χ4n) is 7.63. The van der Waals surface area contributed by atoms with E-state index in [0.29, 0.717) is 19.5 Å². The minimum Gasteiger partial charge on any atom is -0.458 e. The van der Waals surface area contributed by atoms with Crippen LogP contribution in [-0.2, 0) is 39.8 Å². The van der Waals surface area contributed by atoms with Gasteiger partial charge in [-0.05, 0) is 72.9 Å². The van der Waals surface area contributed by atoms with Crippen LogP contribution >= 0.6 is 0 Å². The zero-order valence-corrected chi connectivity index (χ0v) is 33.8. The first-order valence-corrected chi connectivity index (χ1v) is 19.3. The number of rotatable bonds is 13. The molecule has 290 valence electrons. The molecule has 2 aromatic rings. The number of benzene rings is 2. The number of nitrogens with zero attached hydrogens (tertiary/aromatic N) is 1. The maximum atomic E-state index is 13.5. The molecule has 0 spiro atoms. The molecule has 53 heavy (non-hydrogen) atoms. The van der Waals surface area contributed by atoms with Crippen LogP contribution in [0.15, 0.2) is 42.5 Å². The van der Waals surface area contributed by atoms with Crippen LogP contribution in [0.3, 0.4) is 0 Å². The lowest BCUT2D eigenvalue weighted by molar-refractivity contribution is -0.225. The van der Waals surface area contributed by atoms with Crippen LogP contribution in [0.1, 0.15) is 127 Å². The Labute approximate surface area is 317 Å². The Morgan fingerprint density at radius 3 is 2.13 bits per heavy atom. The van der Waals surface area contributed by atoms with Gasteiger partial charge >= 0.3 is 11.9 Å². The van der Waals surface area contributed by atoms with Crippen LogP contribution in [0.2, 0.25) is 0 Å². The van der Waals surface area contributed by atoms with Crippen molar-refractivity contribution in [3.05, 3.63) is 75.9 Å². The molecule has 2 saturated heterocycles. The monoisotopic (exact) mass is 730 g/mol. The summed E-state index contributed by atoms with van der Waals surface area (Å²) in [6, 6.07) is 12.7. The lowest BCUT2D eigenvalue weighted by Crippen LogP contribution is -2.53. The molecular formula is C44H62N2O7. The van der Waals surface area contributed by atoms with Gasteiger partial charge in [-0.1, -0.05) is 90.1 Å². The number of hydrogen-bond acceptors (Lipinski definition) is 8. The molecule has 5 atom stereocenters. The molecule has 2 aliphatic rings. The Morgan fingerprint density at radius 2 is 1.57 bits per heavy atom. The first-order chi connectivity index (χ1) is 24.8. The zero-order chi connectivity index (χ0) is 39.2. The number of esters is 2. The number of amides is 1. The molecule has 9 heteroatoms. The Balaban J connectivity index is 1.56. The van der Waals surface area contributed by atoms with E-state index < -0.39 is 41.1 Å². The van der Waals surface area contributed by atoms with Gasteiger partial charge in [0.1, 0.15) is 18.0 Å². The van der Waals surface area contributed by atoms with Crippen molar-refractivity contribution in [3.8, 4) is 0 Å². The van der Waals surface area contributed by atoms with E-state index in [4.69, 9.17) is 14.2 Å². The van der Waals surface area contributed by atoms with E-state index in [1.54, 1.807) is 0 Å². The molecule has 2 heterocycles. The van der Waals surface area contributed by atoms with Gasteiger partial charge in [0.05, 0.1) is 11.5 Å². The fourth-order valence-corrected chi connectivity index (χ4v) is 7.63. The third-order valence-electron chi connectivity index (χ3n) is 10.9. The second-order valence-corrected chi connectivity index (χ2v) is 16.6. The molecule has 9 nitrogen and oxygen atoms in total. The first-order valence-electron chi connectivity index (χ1n) is 19.3. The molecule has 0 saturated carbocycles. The number of piperazine rings is 1. The van der Waals surface area contributed by atoms with Crippen molar-refractivity contribution in [2.24, 2.45) is 16.7 Å². The molecular weight excluding hydrogens is 668 g/mol. The van der Waals surface area contributed by atoms with Gasteiger partial charge in [-0.3, -0.25) is 19.2 Å². The number of carbonyl (C=O) groups is 4. The van der Waals surface area contributed by atoms with Gasteiger partial charge in [-0.25, -0.2) is 0 Å². The Kier molecular flexibility index (Phi) is 13.9. The first kappa shape index (κ1) is 41.9. The molecule has 0 aliphatic carbocycles. The highest BCUT2D eigenvalue weighted by Crippen LogP contribution is 2.42. The topological polar surface area (TPSA) is 111 Å². The van der Waals surface area contributed by atoms with E-state index in [2.05, 4.69) is 62.5 Å². The van der Waals surface area contributed by atoms with Crippen LogP contribution in [-0.4, -0.2) is 73.0 Å².